The number of rotatable bonds is 9. The number of aromatic nitrogens is 3. The van der Waals surface area contributed by atoms with Gasteiger partial charge in [0.25, 0.3) is 5.69 Å². The van der Waals surface area contributed by atoms with E-state index >= 15 is 0 Å². The van der Waals surface area contributed by atoms with E-state index in [-0.39, 0.29) is 11.6 Å². The van der Waals surface area contributed by atoms with Crippen LogP contribution in [0.15, 0.2) is 76.2 Å². The van der Waals surface area contributed by atoms with Crippen LogP contribution in [0.3, 0.4) is 0 Å². The van der Waals surface area contributed by atoms with Gasteiger partial charge in [0.05, 0.1) is 11.1 Å². The van der Waals surface area contributed by atoms with Gasteiger partial charge in [-0.15, -0.1) is 0 Å². The molecule has 1 aliphatic rings. The molecule has 5 rings (SSSR count). The molecule has 0 atom stereocenters. The molecule has 0 bridgehead atoms. The maximum Gasteiger partial charge on any atom is 0.269 e. The molecule has 0 radical (unpaired) electrons. The zero-order valence-corrected chi connectivity index (χ0v) is 20.0. The molecule has 0 aliphatic heterocycles. The summed E-state index contributed by atoms with van der Waals surface area (Å²) in [6.07, 6.45) is 7.33. The Labute approximate surface area is 213 Å². The Hall–Kier alpha value is -4.80. The SMILES string of the molecule is O=[N+]([O-])c1ccc(-c2ccc(C=NNc3nc(Nc4ccccc4)nc(NC4CCCCC4)n3)o2)cc1. The van der Waals surface area contributed by atoms with E-state index in [1.807, 2.05) is 30.3 Å². The predicted molar refractivity (Wildman–Crippen MR) is 142 cm³/mol. The summed E-state index contributed by atoms with van der Waals surface area (Å²) < 4.78 is 5.80. The van der Waals surface area contributed by atoms with Crippen LogP contribution in [-0.4, -0.2) is 32.1 Å². The Balaban J connectivity index is 1.29. The molecule has 0 spiro atoms. The number of nitro benzene ring substituents is 1. The minimum Gasteiger partial charge on any atom is -0.455 e. The average Bonchev–Trinajstić information content (AvgIpc) is 3.39. The van der Waals surface area contributed by atoms with E-state index < -0.39 is 4.92 Å². The van der Waals surface area contributed by atoms with Crippen molar-refractivity contribution in [2.45, 2.75) is 38.1 Å². The zero-order chi connectivity index (χ0) is 25.5. The summed E-state index contributed by atoms with van der Waals surface area (Å²) in [6.45, 7) is 0. The number of furan rings is 1. The highest BCUT2D eigenvalue weighted by atomic mass is 16.6. The fraction of sp³-hybridized carbons (Fsp3) is 0.231. The molecule has 0 unspecified atom stereocenters. The first-order chi connectivity index (χ1) is 18.1. The molecule has 11 heteroatoms. The first-order valence-electron chi connectivity index (χ1n) is 12.1. The van der Waals surface area contributed by atoms with Gasteiger partial charge in [-0.2, -0.15) is 20.1 Å². The van der Waals surface area contributed by atoms with E-state index in [1.165, 1.54) is 37.6 Å². The van der Waals surface area contributed by atoms with Crippen molar-refractivity contribution in [2.24, 2.45) is 5.10 Å². The Morgan fingerprint density at radius 2 is 1.62 bits per heavy atom. The summed E-state index contributed by atoms with van der Waals surface area (Å²) in [4.78, 5) is 23.9. The Bertz CT molecular complexity index is 1370. The van der Waals surface area contributed by atoms with Crippen LogP contribution in [0.25, 0.3) is 11.3 Å². The van der Waals surface area contributed by atoms with Gasteiger partial charge < -0.3 is 15.1 Å². The van der Waals surface area contributed by atoms with Crippen LogP contribution in [0.4, 0.5) is 29.2 Å². The van der Waals surface area contributed by atoms with Gasteiger partial charge >= 0.3 is 0 Å². The smallest absolute Gasteiger partial charge is 0.269 e. The van der Waals surface area contributed by atoms with E-state index in [2.05, 4.69) is 36.1 Å². The van der Waals surface area contributed by atoms with E-state index in [9.17, 15) is 10.1 Å². The van der Waals surface area contributed by atoms with Crippen LogP contribution in [0.1, 0.15) is 37.9 Å². The molecule has 2 heterocycles. The topological polar surface area (TPSA) is 143 Å². The second kappa shape index (κ2) is 11.3. The van der Waals surface area contributed by atoms with Crippen LogP contribution in [0.2, 0.25) is 0 Å². The number of anilines is 4. The summed E-state index contributed by atoms with van der Waals surface area (Å²) >= 11 is 0. The van der Waals surface area contributed by atoms with Crippen molar-refractivity contribution in [1.29, 1.82) is 0 Å². The van der Waals surface area contributed by atoms with Crippen molar-refractivity contribution < 1.29 is 9.34 Å². The zero-order valence-electron chi connectivity index (χ0n) is 20.0. The van der Waals surface area contributed by atoms with Gasteiger partial charge in [-0.05, 0) is 49.2 Å². The molecule has 1 saturated carbocycles. The summed E-state index contributed by atoms with van der Waals surface area (Å²) in [6, 6.07) is 19.7. The first kappa shape index (κ1) is 23.9. The van der Waals surface area contributed by atoms with Crippen molar-refractivity contribution >= 4 is 35.4 Å². The molecule has 3 N–H and O–H groups in total. The number of hydrogen-bond donors (Lipinski definition) is 3. The molecular weight excluding hydrogens is 472 g/mol. The number of para-hydroxylation sites is 1. The van der Waals surface area contributed by atoms with Gasteiger partial charge in [-0.25, -0.2) is 5.43 Å². The fourth-order valence-corrected chi connectivity index (χ4v) is 4.10. The van der Waals surface area contributed by atoms with Crippen molar-refractivity contribution in [2.75, 3.05) is 16.1 Å². The quantitative estimate of drug-likeness (QED) is 0.144. The second-order valence-electron chi connectivity index (χ2n) is 8.65. The summed E-state index contributed by atoms with van der Waals surface area (Å²) in [5.41, 5.74) is 4.47. The Kier molecular flexibility index (Phi) is 7.30. The molecule has 1 fully saturated rings. The minimum atomic E-state index is -0.437. The van der Waals surface area contributed by atoms with Crippen molar-refractivity contribution in [1.82, 2.24) is 15.0 Å². The lowest BCUT2D eigenvalue weighted by atomic mass is 9.96. The maximum atomic E-state index is 10.9. The monoisotopic (exact) mass is 498 g/mol. The first-order valence-corrected chi connectivity index (χ1v) is 12.1. The molecule has 2 aromatic carbocycles. The van der Waals surface area contributed by atoms with Crippen molar-refractivity contribution in [3.8, 4) is 11.3 Å². The van der Waals surface area contributed by atoms with E-state index in [0.29, 0.717) is 29.5 Å². The number of nitro groups is 1. The number of hydrazone groups is 1. The summed E-state index contributed by atoms with van der Waals surface area (Å²) in [7, 11) is 0. The highest BCUT2D eigenvalue weighted by Gasteiger charge is 2.16. The molecule has 1 aliphatic carbocycles. The van der Waals surface area contributed by atoms with Crippen LogP contribution in [0, 0.1) is 10.1 Å². The fourth-order valence-electron chi connectivity index (χ4n) is 4.10. The third kappa shape index (κ3) is 6.45. The predicted octanol–water partition coefficient (Wildman–Crippen LogP) is 5.97. The summed E-state index contributed by atoms with van der Waals surface area (Å²) in [5.74, 6) is 2.24. The van der Waals surface area contributed by atoms with E-state index in [4.69, 9.17) is 4.42 Å². The van der Waals surface area contributed by atoms with Crippen molar-refractivity contribution in [3.05, 3.63) is 82.6 Å². The van der Waals surface area contributed by atoms with Crippen LogP contribution in [0.5, 0.6) is 0 Å². The molecule has 0 amide bonds. The number of benzene rings is 2. The largest absolute Gasteiger partial charge is 0.455 e. The molecule has 188 valence electrons. The number of hydrogen-bond acceptors (Lipinski definition) is 10. The lowest BCUT2D eigenvalue weighted by Gasteiger charge is -2.22. The number of non-ortho nitro benzene ring substituents is 1. The molecule has 0 saturated heterocycles. The Morgan fingerprint density at radius 1 is 0.892 bits per heavy atom. The van der Waals surface area contributed by atoms with Gasteiger partial charge in [-0.1, -0.05) is 37.5 Å². The van der Waals surface area contributed by atoms with Gasteiger partial charge in [-0.3, -0.25) is 10.1 Å². The normalized spacial score (nSPS) is 13.9. The van der Waals surface area contributed by atoms with E-state index in [0.717, 1.165) is 24.1 Å². The average molecular weight is 499 g/mol. The summed E-state index contributed by atoms with van der Waals surface area (Å²) in [5, 5.41) is 21.7. The van der Waals surface area contributed by atoms with Gasteiger partial charge in [0.15, 0.2) is 0 Å². The maximum absolute atomic E-state index is 10.9. The van der Waals surface area contributed by atoms with Crippen molar-refractivity contribution in [3.63, 3.8) is 0 Å². The molecule has 2 aromatic heterocycles. The van der Waals surface area contributed by atoms with Gasteiger partial charge in [0, 0.05) is 29.4 Å². The van der Waals surface area contributed by atoms with Gasteiger partial charge in [0.1, 0.15) is 11.5 Å². The molecule has 37 heavy (non-hydrogen) atoms. The number of nitrogens with zero attached hydrogens (tertiary/aromatic N) is 5. The standard InChI is InChI=1S/C26H26N8O3/c35-34(36)21-13-11-18(12-14-21)23-16-15-22(37-23)17-27-33-26-31-24(28-19-7-3-1-4-8-19)30-25(32-26)29-20-9-5-2-6-10-20/h1,3-4,7-8,11-17,20H,2,5-6,9-10H2,(H3,28,29,30,31,32,33). The number of nitrogens with one attached hydrogen (secondary N) is 3. The second-order valence-corrected chi connectivity index (χ2v) is 8.65. The van der Waals surface area contributed by atoms with Crippen LogP contribution < -0.4 is 16.1 Å². The third-order valence-corrected chi connectivity index (χ3v) is 5.95. The van der Waals surface area contributed by atoms with Crippen LogP contribution in [-0.2, 0) is 0 Å². The Morgan fingerprint density at radius 3 is 2.38 bits per heavy atom. The lowest BCUT2D eigenvalue weighted by molar-refractivity contribution is -0.384. The highest BCUT2D eigenvalue weighted by molar-refractivity contribution is 5.78. The van der Waals surface area contributed by atoms with Crippen LogP contribution >= 0.6 is 0 Å². The minimum absolute atomic E-state index is 0.0251. The highest BCUT2D eigenvalue weighted by Crippen LogP contribution is 2.24. The molecular formula is C26H26N8O3. The third-order valence-electron chi connectivity index (χ3n) is 5.95. The van der Waals surface area contributed by atoms with E-state index in [1.54, 1.807) is 24.3 Å². The molecule has 11 nitrogen and oxygen atoms in total. The lowest BCUT2D eigenvalue weighted by Crippen LogP contribution is -2.24. The van der Waals surface area contributed by atoms with Gasteiger partial charge in [0.2, 0.25) is 17.8 Å². The molecule has 4 aromatic rings.